The average molecular weight is 285 g/mol. The molecule has 0 aliphatic rings. The second-order valence-corrected chi connectivity index (χ2v) is 3.91. The molecule has 0 atom stereocenters. The van der Waals surface area contributed by atoms with Gasteiger partial charge in [0.25, 0.3) is 5.91 Å². The maximum absolute atomic E-state index is 13.6. The van der Waals surface area contributed by atoms with E-state index in [1.165, 1.54) is 12.1 Å². The number of rotatable bonds is 2. The quantitative estimate of drug-likeness (QED) is 0.829. The number of aromatic nitrogens is 2. The molecule has 0 aliphatic carbocycles. The molecule has 0 unspecified atom stereocenters. The average Bonchev–Trinajstić information content (AvgIpc) is 2.37. The molecule has 0 bridgehead atoms. The third-order valence-electron chi connectivity index (χ3n) is 2.22. The molecule has 8 heteroatoms. The van der Waals surface area contributed by atoms with Crippen molar-refractivity contribution >= 4 is 29.0 Å². The highest BCUT2D eigenvalue weighted by Crippen LogP contribution is 2.19. The molecule has 1 aromatic heterocycles. The van der Waals surface area contributed by atoms with Crippen LogP contribution in [0.5, 0.6) is 0 Å². The van der Waals surface area contributed by atoms with E-state index in [1.54, 1.807) is 0 Å². The molecule has 2 aromatic rings. The number of nitrogens with one attached hydrogen (secondary N) is 1. The van der Waals surface area contributed by atoms with Gasteiger partial charge in [-0.15, -0.1) is 10.2 Å². The molecule has 0 fully saturated rings. The fourth-order valence-corrected chi connectivity index (χ4v) is 1.44. The van der Waals surface area contributed by atoms with Crippen molar-refractivity contribution in [3.63, 3.8) is 0 Å². The minimum absolute atomic E-state index is 0.00984. The summed E-state index contributed by atoms with van der Waals surface area (Å²) in [7, 11) is 0. The van der Waals surface area contributed by atoms with Gasteiger partial charge in [-0.05, 0) is 24.3 Å². The Kier molecular flexibility index (Phi) is 3.57. The van der Waals surface area contributed by atoms with Gasteiger partial charge in [0.15, 0.2) is 16.8 Å². The number of nitrogen functional groups attached to an aromatic ring is 1. The van der Waals surface area contributed by atoms with Crippen molar-refractivity contribution in [1.29, 1.82) is 0 Å². The molecule has 0 saturated carbocycles. The van der Waals surface area contributed by atoms with Crippen molar-refractivity contribution in [3.8, 4) is 0 Å². The van der Waals surface area contributed by atoms with E-state index in [-0.39, 0.29) is 16.7 Å². The van der Waals surface area contributed by atoms with Crippen molar-refractivity contribution in [1.82, 2.24) is 10.2 Å². The number of anilines is 2. The summed E-state index contributed by atoms with van der Waals surface area (Å²) < 4.78 is 27.0. The van der Waals surface area contributed by atoms with Gasteiger partial charge >= 0.3 is 0 Å². The maximum Gasteiger partial charge on any atom is 0.262 e. The van der Waals surface area contributed by atoms with E-state index in [4.69, 9.17) is 17.3 Å². The number of hydrogen-bond donors (Lipinski definition) is 2. The Hall–Kier alpha value is -2.28. The van der Waals surface area contributed by atoms with Gasteiger partial charge in [-0.1, -0.05) is 11.6 Å². The van der Waals surface area contributed by atoms with Crippen LogP contribution in [-0.2, 0) is 0 Å². The number of benzene rings is 1. The van der Waals surface area contributed by atoms with Crippen LogP contribution in [0.25, 0.3) is 0 Å². The lowest BCUT2D eigenvalue weighted by Crippen LogP contribution is -2.17. The molecule has 0 radical (unpaired) electrons. The third-order valence-corrected chi connectivity index (χ3v) is 2.42. The van der Waals surface area contributed by atoms with Gasteiger partial charge in [-0.3, -0.25) is 4.79 Å². The van der Waals surface area contributed by atoms with Crippen LogP contribution in [0.15, 0.2) is 24.3 Å². The number of carbonyl (C=O) groups excluding carboxylic acids is 1. The van der Waals surface area contributed by atoms with E-state index in [0.29, 0.717) is 0 Å². The predicted molar refractivity (Wildman–Crippen MR) is 65.8 cm³/mol. The van der Waals surface area contributed by atoms with Crippen LogP contribution in [0.1, 0.15) is 10.4 Å². The number of hydrogen-bond acceptors (Lipinski definition) is 4. The first-order chi connectivity index (χ1) is 8.99. The predicted octanol–water partition coefficient (Wildman–Crippen LogP) is 2.24. The molecule has 3 N–H and O–H groups in total. The maximum atomic E-state index is 13.6. The Morgan fingerprint density at radius 3 is 2.58 bits per heavy atom. The summed E-state index contributed by atoms with van der Waals surface area (Å²) in [6, 6.07) is 4.65. The molecule has 0 aliphatic heterocycles. The molecule has 1 heterocycles. The largest absolute Gasteiger partial charge is 0.396 e. The molecule has 0 saturated heterocycles. The Balaban J connectivity index is 2.30. The summed E-state index contributed by atoms with van der Waals surface area (Å²) in [5, 5.41) is 9.32. The highest BCUT2D eigenvalue weighted by atomic mass is 35.5. The third kappa shape index (κ3) is 2.76. The molecule has 0 spiro atoms. The normalized spacial score (nSPS) is 10.3. The first kappa shape index (κ1) is 13.2. The molecule has 1 amide bonds. The van der Waals surface area contributed by atoms with Crippen LogP contribution in [0.2, 0.25) is 5.15 Å². The fourth-order valence-electron chi connectivity index (χ4n) is 1.34. The van der Waals surface area contributed by atoms with Crippen molar-refractivity contribution in [3.05, 3.63) is 46.6 Å². The van der Waals surface area contributed by atoms with Gasteiger partial charge in [-0.2, -0.15) is 0 Å². The first-order valence-electron chi connectivity index (χ1n) is 5.03. The smallest absolute Gasteiger partial charge is 0.262 e. The standard InChI is InChI=1S/C11H7ClF2N4O/c12-7-3-4-8(18-17-7)16-11(19)9-5(13)1-2-6(15)10(9)14/h1-4H,15H2,(H,16,18,19). The van der Waals surface area contributed by atoms with Crippen molar-refractivity contribution in [2.45, 2.75) is 0 Å². The van der Waals surface area contributed by atoms with E-state index in [0.717, 1.165) is 12.1 Å². The Morgan fingerprint density at radius 1 is 1.21 bits per heavy atom. The Morgan fingerprint density at radius 2 is 1.95 bits per heavy atom. The van der Waals surface area contributed by atoms with Gasteiger partial charge in [0.2, 0.25) is 0 Å². The van der Waals surface area contributed by atoms with Crippen molar-refractivity contribution in [2.75, 3.05) is 11.1 Å². The van der Waals surface area contributed by atoms with Gasteiger partial charge < -0.3 is 11.1 Å². The van der Waals surface area contributed by atoms with Crippen LogP contribution in [-0.4, -0.2) is 16.1 Å². The zero-order valence-electron chi connectivity index (χ0n) is 9.32. The minimum atomic E-state index is -1.13. The molecule has 19 heavy (non-hydrogen) atoms. The fraction of sp³-hybridized carbons (Fsp3) is 0. The molecule has 2 rings (SSSR count). The summed E-state index contributed by atoms with van der Waals surface area (Å²) in [4.78, 5) is 11.7. The van der Waals surface area contributed by atoms with E-state index in [9.17, 15) is 13.6 Å². The lowest BCUT2D eigenvalue weighted by molar-refractivity contribution is 0.101. The number of carbonyl (C=O) groups is 1. The monoisotopic (exact) mass is 284 g/mol. The van der Waals surface area contributed by atoms with E-state index in [1.807, 2.05) is 0 Å². The number of amides is 1. The van der Waals surface area contributed by atoms with Crippen molar-refractivity contribution < 1.29 is 13.6 Å². The molecule has 5 nitrogen and oxygen atoms in total. The second kappa shape index (κ2) is 5.15. The topological polar surface area (TPSA) is 80.9 Å². The molecule has 98 valence electrons. The zero-order valence-corrected chi connectivity index (χ0v) is 10.1. The number of nitrogens with two attached hydrogens (primary N) is 1. The highest BCUT2D eigenvalue weighted by molar-refractivity contribution is 6.29. The van der Waals surface area contributed by atoms with Gasteiger partial charge in [0.05, 0.1) is 5.69 Å². The summed E-state index contributed by atoms with van der Waals surface area (Å²) in [6.45, 7) is 0. The first-order valence-corrected chi connectivity index (χ1v) is 5.41. The second-order valence-electron chi connectivity index (χ2n) is 3.52. The summed E-state index contributed by atoms with van der Waals surface area (Å²) >= 11 is 5.51. The highest BCUT2D eigenvalue weighted by Gasteiger charge is 2.20. The summed E-state index contributed by atoms with van der Waals surface area (Å²) in [6.07, 6.45) is 0. The summed E-state index contributed by atoms with van der Waals surface area (Å²) in [5.41, 5.74) is 4.17. The lowest BCUT2D eigenvalue weighted by Gasteiger charge is -2.07. The number of nitrogens with zero attached hydrogens (tertiary/aromatic N) is 2. The molecule has 1 aromatic carbocycles. The SMILES string of the molecule is Nc1ccc(F)c(C(=O)Nc2ccc(Cl)nn2)c1F. The van der Waals surface area contributed by atoms with Gasteiger partial charge in [-0.25, -0.2) is 8.78 Å². The number of halogens is 3. The molecular formula is C11H7ClF2N4O. The van der Waals surface area contributed by atoms with E-state index in [2.05, 4.69) is 15.5 Å². The Labute approximate surface area is 111 Å². The van der Waals surface area contributed by atoms with Crippen molar-refractivity contribution in [2.24, 2.45) is 0 Å². The van der Waals surface area contributed by atoms with E-state index >= 15 is 0 Å². The lowest BCUT2D eigenvalue weighted by atomic mass is 10.1. The van der Waals surface area contributed by atoms with Gasteiger partial charge in [0, 0.05) is 0 Å². The van der Waals surface area contributed by atoms with E-state index < -0.39 is 23.1 Å². The van der Waals surface area contributed by atoms with Crippen LogP contribution in [0.4, 0.5) is 20.3 Å². The minimum Gasteiger partial charge on any atom is -0.396 e. The van der Waals surface area contributed by atoms with Crippen LogP contribution < -0.4 is 11.1 Å². The van der Waals surface area contributed by atoms with Crippen LogP contribution in [0, 0.1) is 11.6 Å². The van der Waals surface area contributed by atoms with Crippen LogP contribution >= 0.6 is 11.6 Å². The van der Waals surface area contributed by atoms with Gasteiger partial charge in [0.1, 0.15) is 11.4 Å². The zero-order chi connectivity index (χ0) is 14.0. The van der Waals surface area contributed by atoms with Crippen LogP contribution in [0.3, 0.4) is 0 Å². The Bertz CT molecular complexity index is 633. The molecular weight excluding hydrogens is 278 g/mol. The summed E-state index contributed by atoms with van der Waals surface area (Å²) in [5.74, 6) is -3.15.